The molecule has 0 aromatic carbocycles. The van der Waals surface area contributed by atoms with Gasteiger partial charge in [0.1, 0.15) is 11.2 Å². The van der Waals surface area contributed by atoms with Gasteiger partial charge in [0.15, 0.2) is 4.77 Å². The second-order valence-electron chi connectivity index (χ2n) is 4.05. The predicted molar refractivity (Wildman–Crippen MR) is 79.2 cm³/mol. The number of nitrogens with one attached hydrogen (secondary N) is 1. The first-order chi connectivity index (χ1) is 9.08. The van der Waals surface area contributed by atoms with Gasteiger partial charge in [0.2, 0.25) is 5.91 Å². The zero-order chi connectivity index (χ0) is 14.0. The van der Waals surface area contributed by atoms with E-state index < -0.39 is 0 Å². The molecule has 0 atom stereocenters. The topological polar surface area (TPSA) is 58.1 Å². The molecule has 0 unspecified atom stereocenters. The highest BCUT2D eigenvalue weighted by Gasteiger charge is 2.14. The summed E-state index contributed by atoms with van der Waals surface area (Å²) < 4.78 is 2.21. The summed E-state index contributed by atoms with van der Waals surface area (Å²) in [7, 11) is 0. The number of aromatic amines is 1. The van der Waals surface area contributed by atoms with Crippen molar-refractivity contribution in [3.63, 3.8) is 0 Å². The number of H-pyrrole nitrogens is 1. The summed E-state index contributed by atoms with van der Waals surface area (Å²) in [5.74, 6) is -0.0949. The van der Waals surface area contributed by atoms with Crippen molar-refractivity contribution in [3.05, 3.63) is 26.6 Å². The van der Waals surface area contributed by atoms with E-state index in [-0.39, 0.29) is 22.8 Å². The third-order valence-corrected chi connectivity index (χ3v) is 4.23. The highest BCUT2D eigenvalue weighted by molar-refractivity contribution is 7.71. The lowest BCUT2D eigenvalue weighted by Gasteiger charge is -2.19. The second kappa shape index (κ2) is 5.66. The van der Waals surface area contributed by atoms with Gasteiger partial charge in [-0.15, -0.1) is 11.3 Å². The number of amides is 1. The smallest absolute Gasteiger partial charge is 0.272 e. The molecule has 0 saturated carbocycles. The number of nitrogens with zero attached hydrogens (tertiary/aromatic N) is 2. The van der Waals surface area contributed by atoms with Gasteiger partial charge in [-0.2, -0.15) is 0 Å². The van der Waals surface area contributed by atoms with E-state index in [1.54, 1.807) is 4.90 Å². The van der Waals surface area contributed by atoms with Gasteiger partial charge in [-0.1, -0.05) is 0 Å². The Balaban J connectivity index is 2.43. The zero-order valence-electron chi connectivity index (χ0n) is 10.8. The highest BCUT2D eigenvalue weighted by Crippen LogP contribution is 2.13. The molecule has 2 aromatic heterocycles. The summed E-state index contributed by atoms with van der Waals surface area (Å²) in [4.78, 5) is 29.0. The van der Waals surface area contributed by atoms with Crippen LogP contribution < -0.4 is 5.56 Å². The van der Waals surface area contributed by atoms with Gasteiger partial charge in [-0.05, 0) is 37.5 Å². The third kappa shape index (κ3) is 2.62. The number of likely N-dealkylation sites (N-methyl/N-ethyl adjacent to an activating group) is 1. The predicted octanol–water partition coefficient (Wildman–Crippen LogP) is 1.99. The maximum atomic E-state index is 12.3. The molecule has 19 heavy (non-hydrogen) atoms. The Morgan fingerprint density at radius 2 is 2.16 bits per heavy atom. The van der Waals surface area contributed by atoms with Gasteiger partial charge in [0, 0.05) is 13.1 Å². The minimum absolute atomic E-state index is 0.0102. The van der Waals surface area contributed by atoms with Crippen LogP contribution in [-0.2, 0) is 11.3 Å². The Morgan fingerprint density at radius 1 is 1.47 bits per heavy atom. The van der Waals surface area contributed by atoms with Gasteiger partial charge in [0.05, 0.1) is 5.52 Å². The lowest BCUT2D eigenvalue weighted by Crippen LogP contribution is -2.36. The van der Waals surface area contributed by atoms with Crippen LogP contribution in [0.3, 0.4) is 0 Å². The van der Waals surface area contributed by atoms with E-state index in [2.05, 4.69) is 4.98 Å². The van der Waals surface area contributed by atoms with Crippen molar-refractivity contribution in [1.82, 2.24) is 14.5 Å². The summed E-state index contributed by atoms with van der Waals surface area (Å²) in [6.45, 7) is 5.06. The van der Waals surface area contributed by atoms with Crippen LogP contribution in [0.5, 0.6) is 0 Å². The number of thiophene rings is 1. The molecule has 0 aliphatic heterocycles. The first kappa shape index (κ1) is 14.0. The van der Waals surface area contributed by atoms with Crippen LogP contribution in [0.15, 0.2) is 16.2 Å². The maximum absolute atomic E-state index is 12.3. The van der Waals surface area contributed by atoms with Crippen LogP contribution >= 0.6 is 23.6 Å². The lowest BCUT2D eigenvalue weighted by molar-refractivity contribution is -0.131. The highest BCUT2D eigenvalue weighted by atomic mass is 32.1. The summed E-state index contributed by atoms with van der Waals surface area (Å²) >= 11 is 6.50. The molecule has 7 heteroatoms. The quantitative estimate of drug-likeness (QED) is 0.878. The molecule has 0 aliphatic carbocycles. The van der Waals surface area contributed by atoms with Crippen LogP contribution in [0.4, 0.5) is 0 Å². The Kier molecular flexibility index (Phi) is 4.16. The van der Waals surface area contributed by atoms with Crippen LogP contribution in [0.2, 0.25) is 0 Å². The number of carbonyl (C=O) groups is 1. The van der Waals surface area contributed by atoms with E-state index in [9.17, 15) is 9.59 Å². The largest absolute Gasteiger partial charge is 0.342 e. The first-order valence-corrected chi connectivity index (χ1v) is 7.35. The van der Waals surface area contributed by atoms with Crippen molar-refractivity contribution in [2.75, 3.05) is 13.1 Å². The molecule has 0 aliphatic rings. The normalized spacial score (nSPS) is 10.8. The molecule has 2 heterocycles. The van der Waals surface area contributed by atoms with Crippen LogP contribution in [-0.4, -0.2) is 33.4 Å². The standard InChI is InChI=1S/C12H15N3O2S2/c1-3-14(4-2)9(16)7-15-11(17)10-8(5-6-19-10)13-12(15)18/h5-6H,3-4,7H2,1-2H3,(H,13,18). The Bertz CT molecular complexity index is 710. The lowest BCUT2D eigenvalue weighted by atomic mass is 10.4. The van der Waals surface area contributed by atoms with E-state index in [4.69, 9.17) is 12.2 Å². The molecule has 2 aromatic rings. The zero-order valence-corrected chi connectivity index (χ0v) is 12.4. The van der Waals surface area contributed by atoms with Crippen molar-refractivity contribution in [2.24, 2.45) is 0 Å². The van der Waals surface area contributed by atoms with Gasteiger partial charge >= 0.3 is 0 Å². The minimum Gasteiger partial charge on any atom is -0.342 e. The fourth-order valence-corrected chi connectivity index (χ4v) is 2.98. The molecule has 1 N–H and O–H groups in total. The Morgan fingerprint density at radius 3 is 2.79 bits per heavy atom. The van der Waals surface area contributed by atoms with Crippen molar-refractivity contribution in [3.8, 4) is 0 Å². The summed E-state index contributed by atoms with van der Waals surface area (Å²) in [5, 5.41) is 1.83. The first-order valence-electron chi connectivity index (χ1n) is 6.06. The molecule has 102 valence electrons. The van der Waals surface area contributed by atoms with Crippen LogP contribution in [0.1, 0.15) is 13.8 Å². The van der Waals surface area contributed by atoms with E-state index in [0.29, 0.717) is 17.8 Å². The Hall–Kier alpha value is -1.47. The van der Waals surface area contributed by atoms with Crippen LogP contribution in [0, 0.1) is 4.77 Å². The third-order valence-electron chi connectivity index (χ3n) is 3.00. The number of aromatic nitrogens is 2. The monoisotopic (exact) mass is 297 g/mol. The van der Waals surface area contributed by atoms with Gasteiger partial charge < -0.3 is 9.88 Å². The molecule has 1 amide bonds. The molecule has 5 nitrogen and oxygen atoms in total. The SMILES string of the molecule is CCN(CC)C(=O)Cn1c(=S)[nH]c2ccsc2c1=O. The molecule has 0 spiro atoms. The average Bonchev–Trinajstić information content (AvgIpc) is 2.84. The second-order valence-corrected chi connectivity index (χ2v) is 5.35. The van der Waals surface area contributed by atoms with Crippen molar-refractivity contribution in [2.45, 2.75) is 20.4 Å². The van der Waals surface area contributed by atoms with Crippen molar-refractivity contribution >= 4 is 39.7 Å². The summed E-state index contributed by atoms with van der Waals surface area (Å²) in [5.41, 5.74) is 0.529. The number of rotatable bonds is 4. The van der Waals surface area contributed by atoms with E-state index in [1.807, 2.05) is 25.3 Å². The summed E-state index contributed by atoms with van der Waals surface area (Å²) in [6, 6.07) is 1.81. The van der Waals surface area contributed by atoms with E-state index in [0.717, 1.165) is 5.52 Å². The molecular formula is C12H15N3O2S2. The molecular weight excluding hydrogens is 282 g/mol. The molecule has 0 bridgehead atoms. The molecule has 2 rings (SSSR count). The fraction of sp³-hybridized carbons (Fsp3) is 0.417. The number of fused-ring (bicyclic) bond motifs is 1. The van der Waals surface area contributed by atoms with Crippen molar-refractivity contribution in [1.29, 1.82) is 0 Å². The van der Waals surface area contributed by atoms with E-state index >= 15 is 0 Å². The number of carbonyl (C=O) groups excluding carboxylic acids is 1. The molecule has 0 radical (unpaired) electrons. The molecule has 0 fully saturated rings. The Labute approximate surface area is 119 Å². The van der Waals surface area contributed by atoms with Gasteiger partial charge in [-0.3, -0.25) is 14.2 Å². The minimum atomic E-state index is -0.200. The van der Waals surface area contributed by atoms with Crippen LogP contribution in [0.25, 0.3) is 10.2 Å². The maximum Gasteiger partial charge on any atom is 0.272 e. The fourth-order valence-electron chi connectivity index (χ4n) is 1.93. The number of hydrogen-bond acceptors (Lipinski definition) is 4. The van der Waals surface area contributed by atoms with Gasteiger partial charge in [0.25, 0.3) is 5.56 Å². The van der Waals surface area contributed by atoms with E-state index in [1.165, 1.54) is 15.9 Å². The van der Waals surface area contributed by atoms with Crippen molar-refractivity contribution < 1.29 is 4.79 Å². The molecule has 0 saturated heterocycles. The van der Waals surface area contributed by atoms with Gasteiger partial charge in [-0.25, -0.2) is 0 Å². The number of hydrogen-bond donors (Lipinski definition) is 1. The average molecular weight is 297 g/mol. The summed E-state index contributed by atoms with van der Waals surface area (Å²) in [6.07, 6.45) is 0.